The van der Waals surface area contributed by atoms with Crippen LogP contribution in [-0.2, 0) is 6.42 Å². The highest BCUT2D eigenvalue weighted by molar-refractivity contribution is 5.95. The zero-order valence-electron chi connectivity index (χ0n) is 19.8. The Morgan fingerprint density at radius 3 is 2.73 bits per heavy atom. The Kier molecular flexibility index (Phi) is 6.04. The Hall–Kier alpha value is -2.96. The van der Waals surface area contributed by atoms with Gasteiger partial charge in [0.1, 0.15) is 5.69 Å². The van der Waals surface area contributed by atoms with E-state index in [2.05, 4.69) is 28.9 Å². The predicted octanol–water partition coefficient (Wildman–Crippen LogP) is 5.22. The second-order valence-corrected chi connectivity index (χ2v) is 9.96. The highest BCUT2D eigenvalue weighted by atomic mass is 16.4. The average Bonchev–Trinajstić information content (AvgIpc) is 3.44. The molecule has 33 heavy (non-hydrogen) atoms. The molecule has 7 heteroatoms. The van der Waals surface area contributed by atoms with Gasteiger partial charge < -0.3 is 9.32 Å². The van der Waals surface area contributed by atoms with Gasteiger partial charge in [0.15, 0.2) is 0 Å². The molecule has 0 unspecified atom stereocenters. The Morgan fingerprint density at radius 1 is 1.12 bits per heavy atom. The first-order chi connectivity index (χ1) is 16.0. The van der Waals surface area contributed by atoms with E-state index in [0.29, 0.717) is 35.4 Å². The van der Waals surface area contributed by atoms with Crippen LogP contribution in [0.2, 0.25) is 0 Å². The summed E-state index contributed by atoms with van der Waals surface area (Å²) < 4.78 is 7.53. The van der Waals surface area contributed by atoms with Gasteiger partial charge >= 0.3 is 0 Å². The summed E-state index contributed by atoms with van der Waals surface area (Å²) in [5.74, 6) is 2.21. The Bertz CT molecular complexity index is 1130. The molecule has 1 amide bonds. The van der Waals surface area contributed by atoms with E-state index in [0.717, 1.165) is 42.8 Å². The lowest BCUT2D eigenvalue weighted by molar-refractivity contribution is 0.0390. The van der Waals surface area contributed by atoms with Crippen LogP contribution in [0.15, 0.2) is 34.7 Å². The van der Waals surface area contributed by atoms with Crippen molar-refractivity contribution in [3.05, 3.63) is 47.5 Å². The van der Waals surface area contributed by atoms with Gasteiger partial charge in [0.25, 0.3) is 11.8 Å². The quantitative estimate of drug-likeness (QED) is 0.536. The molecule has 7 nitrogen and oxygen atoms in total. The highest BCUT2D eigenvalue weighted by Gasteiger charge is 2.36. The zero-order chi connectivity index (χ0) is 22.9. The molecule has 0 N–H and O–H groups in total. The predicted molar refractivity (Wildman–Crippen MR) is 126 cm³/mol. The number of carbonyl (C=O) groups excluding carboxylic acids is 1. The molecule has 2 aliphatic rings. The van der Waals surface area contributed by atoms with Gasteiger partial charge in [0.05, 0.1) is 5.69 Å². The summed E-state index contributed by atoms with van der Waals surface area (Å²) in [6.45, 7) is 7.01. The SMILES string of the molecule is Cc1nnc(-c2cc(CC(C)C)n(-c3cccc(C(=O)N4CCC[C@H]5CCCC[C@H]54)c3)n2)o1. The molecule has 1 saturated heterocycles. The van der Waals surface area contributed by atoms with Gasteiger partial charge in [-0.2, -0.15) is 5.10 Å². The third kappa shape index (κ3) is 4.45. The molecule has 5 rings (SSSR count). The lowest BCUT2D eigenvalue weighted by Gasteiger charge is -2.44. The number of fused-ring (bicyclic) bond motifs is 1. The second kappa shape index (κ2) is 9.12. The molecule has 1 saturated carbocycles. The number of hydrogen-bond acceptors (Lipinski definition) is 5. The van der Waals surface area contributed by atoms with Gasteiger partial charge in [-0.15, -0.1) is 10.2 Å². The fourth-order valence-electron chi connectivity index (χ4n) is 5.53. The van der Waals surface area contributed by atoms with Gasteiger partial charge in [-0.25, -0.2) is 4.68 Å². The van der Waals surface area contributed by atoms with Crippen LogP contribution in [0.25, 0.3) is 17.3 Å². The Morgan fingerprint density at radius 2 is 1.94 bits per heavy atom. The zero-order valence-corrected chi connectivity index (χ0v) is 19.8. The fourth-order valence-corrected chi connectivity index (χ4v) is 5.53. The van der Waals surface area contributed by atoms with Crippen LogP contribution >= 0.6 is 0 Å². The second-order valence-electron chi connectivity index (χ2n) is 9.96. The molecule has 0 bridgehead atoms. The smallest absolute Gasteiger partial charge is 0.268 e. The molecule has 1 aliphatic carbocycles. The standard InChI is InChI=1S/C26H33N5O2/c1-17(2)14-22-16-23(25-28-27-18(3)33-25)29-31(22)21-11-6-9-20(15-21)26(32)30-13-7-10-19-8-4-5-12-24(19)30/h6,9,11,15-17,19,24H,4-5,7-8,10,12-14H2,1-3H3/t19-,24-/m1/s1. The first kappa shape index (κ1) is 21.9. The van der Waals surface area contributed by atoms with Crippen LogP contribution in [0, 0.1) is 18.8 Å². The van der Waals surface area contributed by atoms with Crippen molar-refractivity contribution in [2.45, 2.75) is 71.8 Å². The topological polar surface area (TPSA) is 77.1 Å². The normalized spacial score (nSPS) is 20.8. The summed E-state index contributed by atoms with van der Waals surface area (Å²) >= 11 is 0. The van der Waals surface area contributed by atoms with Crippen molar-refractivity contribution >= 4 is 5.91 Å². The molecule has 2 atom stereocenters. The average molecular weight is 448 g/mol. The third-order valence-corrected chi connectivity index (χ3v) is 6.99. The Labute approximate surface area is 195 Å². The first-order valence-electron chi connectivity index (χ1n) is 12.3. The van der Waals surface area contributed by atoms with Crippen molar-refractivity contribution in [2.75, 3.05) is 6.54 Å². The maximum absolute atomic E-state index is 13.6. The monoisotopic (exact) mass is 447 g/mol. The number of benzene rings is 1. The van der Waals surface area contributed by atoms with E-state index in [9.17, 15) is 4.79 Å². The summed E-state index contributed by atoms with van der Waals surface area (Å²) in [6.07, 6.45) is 8.16. The van der Waals surface area contributed by atoms with Crippen LogP contribution in [0.1, 0.15) is 74.3 Å². The van der Waals surface area contributed by atoms with E-state index < -0.39 is 0 Å². The summed E-state index contributed by atoms with van der Waals surface area (Å²) in [7, 11) is 0. The molecular formula is C26H33N5O2. The number of amides is 1. The molecule has 174 valence electrons. The summed E-state index contributed by atoms with van der Waals surface area (Å²) in [5, 5.41) is 12.9. The van der Waals surface area contributed by atoms with Crippen LogP contribution in [-0.4, -0.2) is 43.4 Å². The van der Waals surface area contributed by atoms with Crippen molar-refractivity contribution in [2.24, 2.45) is 11.8 Å². The molecule has 3 aromatic rings. The van der Waals surface area contributed by atoms with Crippen LogP contribution < -0.4 is 0 Å². The number of likely N-dealkylation sites (tertiary alicyclic amines) is 1. The molecular weight excluding hydrogens is 414 g/mol. The highest BCUT2D eigenvalue weighted by Crippen LogP contribution is 2.36. The number of hydrogen-bond donors (Lipinski definition) is 0. The summed E-state index contributed by atoms with van der Waals surface area (Å²) in [5.41, 5.74) is 3.34. The number of carbonyl (C=O) groups is 1. The fraction of sp³-hybridized carbons (Fsp3) is 0.538. The van der Waals surface area contributed by atoms with Gasteiger partial charge in [0, 0.05) is 30.8 Å². The van der Waals surface area contributed by atoms with Crippen LogP contribution in [0.4, 0.5) is 0 Å². The van der Waals surface area contributed by atoms with Gasteiger partial charge in [-0.3, -0.25) is 4.79 Å². The minimum Gasteiger partial charge on any atom is -0.420 e. The van der Waals surface area contributed by atoms with Gasteiger partial charge in [-0.1, -0.05) is 32.8 Å². The van der Waals surface area contributed by atoms with E-state index in [1.54, 1.807) is 6.92 Å². The largest absolute Gasteiger partial charge is 0.420 e. The van der Waals surface area contributed by atoms with Crippen molar-refractivity contribution in [3.8, 4) is 17.3 Å². The van der Waals surface area contributed by atoms with E-state index in [1.165, 1.54) is 25.7 Å². The number of aryl methyl sites for hydroxylation is 1. The van der Waals surface area contributed by atoms with Crippen molar-refractivity contribution < 1.29 is 9.21 Å². The van der Waals surface area contributed by atoms with Crippen molar-refractivity contribution in [1.82, 2.24) is 24.9 Å². The third-order valence-electron chi connectivity index (χ3n) is 6.99. The molecule has 1 aromatic carbocycles. The first-order valence-corrected chi connectivity index (χ1v) is 12.3. The van der Waals surface area contributed by atoms with Gasteiger partial charge in [-0.05, 0) is 68.2 Å². The minimum absolute atomic E-state index is 0.152. The van der Waals surface area contributed by atoms with E-state index >= 15 is 0 Å². The number of aromatic nitrogens is 4. The maximum atomic E-state index is 13.6. The van der Waals surface area contributed by atoms with Crippen LogP contribution in [0.3, 0.4) is 0 Å². The van der Waals surface area contributed by atoms with Crippen molar-refractivity contribution in [3.63, 3.8) is 0 Å². The molecule has 3 heterocycles. The van der Waals surface area contributed by atoms with Crippen LogP contribution in [0.5, 0.6) is 0 Å². The molecule has 1 aliphatic heterocycles. The van der Waals surface area contributed by atoms with E-state index in [-0.39, 0.29) is 5.91 Å². The minimum atomic E-state index is 0.152. The van der Waals surface area contributed by atoms with E-state index in [4.69, 9.17) is 9.52 Å². The lowest BCUT2D eigenvalue weighted by Crippen LogP contribution is -2.49. The molecule has 0 radical (unpaired) electrons. The number of nitrogens with zero attached hydrogens (tertiary/aromatic N) is 5. The van der Waals surface area contributed by atoms with Crippen molar-refractivity contribution in [1.29, 1.82) is 0 Å². The molecule has 2 fully saturated rings. The molecule has 2 aromatic heterocycles. The summed E-state index contributed by atoms with van der Waals surface area (Å²) in [6, 6.07) is 10.3. The summed E-state index contributed by atoms with van der Waals surface area (Å²) in [4.78, 5) is 15.7. The van der Waals surface area contributed by atoms with E-state index in [1.807, 2.05) is 35.0 Å². The maximum Gasteiger partial charge on any atom is 0.268 e. The number of piperidine rings is 1. The molecule has 0 spiro atoms. The lowest BCUT2D eigenvalue weighted by atomic mass is 9.78. The Balaban J connectivity index is 1.47. The number of rotatable bonds is 5. The van der Waals surface area contributed by atoms with Gasteiger partial charge in [0.2, 0.25) is 5.89 Å².